The number of aromatic nitrogens is 2. The highest BCUT2D eigenvalue weighted by Crippen LogP contribution is 2.21. The van der Waals surface area contributed by atoms with E-state index in [0.29, 0.717) is 77.1 Å². The van der Waals surface area contributed by atoms with Crippen LogP contribution in [0.5, 0.6) is 0 Å². The number of nitrogens with zero attached hydrogens (tertiary/aromatic N) is 6. The second-order valence-corrected chi connectivity index (χ2v) is 16.1. The van der Waals surface area contributed by atoms with Crippen molar-refractivity contribution in [1.82, 2.24) is 40.2 Å². The molecule has 2 aromatic rings. The van der Waals surface area contributed by atoms with Gasteiger partial charge >= 0.3 is 35.9 Å². The Morgan fingerprint density at radius 2 is 1.04 bits per heavy atom. The number of ether oxygens (including phenoxy) is 4. The molecule has 0 unspecified atom stereocenters. The lowest BCUT2D eigenvalue weighted by Crippen LogP contribution is -2.50. The second-order valence-electron chi connectivity index (χ2n) is 14.3. The molecule has 0 saturated carbocycles. The Morgan fingerprint density at radius 1 is 0.679 bits per heavy atom. The van der Waals surface area contributed by atoms with E-state index in [1.54, 1.807) is 0 Å². The van der Waals surface area contributed by atoms with Crippen LogP contribution in [-0.4, -0.2) is 157 Å². The quantitative estimate of drug-likeness (QED) is 0.142. The van der Waals surface area contributed by atoms with Crippen molar-refractivity contribution < 1.29 is 47.7 Å². The maximum Gasteiger partial charge on any atom is 0.425 e. The Balaban J connectivity index is 1.37. The fourth-order valence-electron chi connectivity index (χ4n) is 5.65. The molecule has 0 radical (unpaired) electrons. The van der Waals surface area contributed by atoms with Gasteiger partial charge in [0.1, 0.15) is 12.1 Å². The average molecular weight is 823 g/mol. The minimum absolute atomic E-state index is 0.0523. The summed E-state index contributed by atoms with van der Waals surface area (Å²) in [5, 5.41) is 10.8. The predicted molar refractivity (Wildman–Crippen MR) is 206 cm³/mol. The summed E-state index contributed by atoms with van der Waals surface area (Å²) < 4.78 is 20.5. The van der Waals surface area contributed by atoms with E-state index in [9.17, 15) is 28.8 Å². The molecule has 2 atom stereocenters. The number of carbonyl (C=O) groups is 6. The zero-order chi connectivity index (χ0) is 40.8. The van der Waals surface area contributed by atoms with Gasteiger partial charge in [-0.25, -0.2) is 38.7 Å². The van der Waals surface area contributed by atoms with Gasteiger partial charge in [0.25, 0.3) is 0 Å². The smallest absolute Gasteiger partial charge is 0.383 e. The molecule has 18 nitrogen and oxygen atoms in total. The maximum atomic E-state index is 13.3. The van der Waals surface area contributed by atoms with Gasteiger partial charge in [-0.2, -0.15) is 0 Å². The van der Waals surface area contributed by atoms with Crippen LogP contribution < -0.4 is 10.6 Å². The lowest BCUT2D eigenvalue weighted by molar-refractivity contribution is -0.178. The minimum atomic E-state index is -1.74. The molecule has 2 aliphatic heterocycles. The Hall–Kier alpha value is -4.08. The molecule has 56 heavy (non-hydrogen) atoms. The van der Waals surface area contributed by atoms with Crippen LogP contribution in [0.1, 0.15) is 73.8 Å². The van der Waals surface area contributed by atoms with Crippen molar-refractivity contribution in [2.45, 2.75) is 77.5 Å². The summed E-state index contributed by atoms with van der Waals surface area (Å²) in [6.07, 6.45) is 0.105. The Morgan fingerprint density at radius 3 is 1.36 bits per heavy atom. The average Bonchev–Trinajstić information content (AvgIpc) is 3.86. The van der Waals surface area contributed by atoms with Gasteiger partial charge in [0.15, 0.2) is 0 Å². The highest BCUT2D eigenvalue weighted by atomic mass is 32.1. The number of hydrogen-bond acceptors (Lipinski definition) is 16. The zero-order valence-electron chi connectivity index (χ0n) is 32.9. The van der Waals surface area contributed by atoms with Crippen molar-refractivity contribution in [3.63, 3.8) is 0 Å². The topological polar surface area (TPSA) is 202 Å². The number of amides is 4. The lowest BCUT2D eigenvalue weighted by Gasteiger charge is -2.28. The van der Waals surface area contributed by atoms with E-state index in [2.05, 4.69) is 20.6 Å². The third kappa shape index (κ3) is 14.1. The third-order valence-electron chi connectivity index (χ3n) is 9.01. The van der Waals surface area contributed by atoms with E-state index in [4.69, 9.17) is 18.9 Å². The summed E-state index contributed by atoms with van der Waals surface area (Å²) in [6.45, 7) is 13.6. The van der Waals surface area contributed by atoms with E-state index in [1.807, 2.05) is 48.3 Å². The fourth-order valence-corrected chi connectivity index (χ4v) is 7.30. The van der Waals surface area contributed by atoms with Gasteiger partial charge in [-0.05, 0) is 12.8 Å². The van der Waals surface area contributed by atoms with Crippen molar-refractivity contribution in [1.29, 1.82) is 0 Å². The van der Waals surface area contributed by atoms with Crippen molar-refractivity contribution in [3.8, 4) is 0 Å². The fraction of sp³-hybridized carbons (Fsp3) is 0.667. The molecule has 0 aromatic carbocycles. The SMILES string of the molecule is CC(C)c1nc(CN(C)C(=O)N[C@@H](CCN2CCOCC2)C(=O)OC(=O)C(=O)OC(=O)[C@H](CCN2CCOCC2)NC(=O)N(C)Cc2csc(C(C)C)n2)cs1. The largest absolute Gasteiger partial charge is 0.425 e. The van der Waals surface area contributed by atoms with Crippen molar-refractivity contribution >= 4 is 58.6 Å². The first-order valence-electron chi connectivity index (χ1n) is 18.7. The first kappa shape index (κ1) is 44.6. The summed E-state index contributed by atoms with van der Waals surface area (Å²) in [4.78, 5) is 94.7. The van der Waals surface area contributed by atoms with Crippen molar-refractivity contribution in [3.05, 3.63) is 32.2 Å². The standard InChI is InChI=1S/C36H54N8O10S2/c1-23(2)29-37-25(21-55-29)19-41(5)35(49)39-27(7-9-43-11-15-51-16-12-43)31(45)53-33(47)34(48)54-32(46)28(8-10-44-13-17-52-18-14-44)40-36(50)42(6)20-26-22-56-30(38-26)24(3)4/h21-24,27-28H,7-20H2,1-6H3,(H,39,49)(H,40,50)/t27-,28-/m0/s1. The minimum Gasteiger partial charge on any atom is -0.383 e. The normalized spacial score (nSPS) is 16.2. The van der Waals surface area contributed by atoms with E-state index in [0.717, 1.165) is 10.0 Å². The van der Waals surface area contributed by atoms with Crippen LogP contribution >= 0.6 is 22.7 Å². The van der Waals surface area contributed by atoms with Gasteiger partial charge in [-0.3, -0.25) is 9.80 Å². The van der Waals surface area contributed by atoms with Gasteiger partial charge in [-0.1, -0.05) is 27.7 Å². The van der Waals surface area contributed by atoms with Gasteiger partial charge in [0, 0.05) is 76.0 Å². The second kappa shape index (κ2) is 22.0. The molecule has 0 spiro atoms. The molecular formula is C36H54N8O10S2. The van der Waals surface area contributed by atoms with Crippen LogP contribution in [0, 0.1) is 0 Å². The van der Waals surface area contributed by atoms with Crippen LogP contribution in [0.25, 0.3) is 0 Å². The number of thiazole rings is 2. The molecule has 4 heterocycles. The van der Waals surface area contributed by atoms with Crippen LogP contribution in [0.15, 0.2) is 10.8 Å². The van der Waals surface area contributed by atoms with Gasteiger partial charge in [0.2, 0.25) is 0 Å². The molecule has 2 fully saturated rings. The molecule has 20 heteroatoms. The van der Waals surface area contributed by atoms with E-state index in [1.165, 1.54) is 46.6 Å². The zero-order valence-corrected chi connectivity index (χ0v) is 34.6. The summed E-state index contributed by atoms with van der Waals surface area (Å²) in [6, 6.07) is -3.91. The van der Waals surface area contributed by atoms with Gasteiger partial charge in [-0.15, -0.1) is 22.7 Å². The molecule has 310 valence electrons. The van der Waals surface area contributed by atoms with Crippen LogP contribution in [0.2, 0.25) is 0 Å². The molecule has 2 saturated heterocycles. The molecule has 0 aliphatic carbocycles. The van der Waals surface area contributed by atoms with Crippen LogP contribution in [0.3, 0.4) is 0 Å². The highest BCUT2D eigenvalue weighted by Gasteiger charge is 2.34. The molecule has 0 bridgehead atoms. The van der Waals surface area contributed by atoms with Gasteiger partial charge < -0.3 is 39.4 Å². The first-order chi connectivity index (χ1) is 26.7. The summed E-state index contributed by atoms with van der Waals surface area (Å²) in [7, 11) is 3.08. The van der Waals surface area contributed by atoms with Crippen LogP contribution in [0.4, 0.5) is 9.59 Å². The Bertz CT molecular complexity index is 1520. The summed E-state index contributed by atoms with van der Waals surface area (Å²) in [5.74, 6) is -5.44. The number of esters is 4. The number of morpholine rings is 2. The monoisotopic (exact) mass is 822 g/mol. The Labute approximate surface area is 335 Å². The maximum absolute atomic E-state index is 13.3. The number of hydrogen-bond donors (Lipinski definition) is 2. The van der Waals surface area contributed by atoms with Gasteiger partial charge in [0.05, 0.1) is 60.9 Å². The third-order valence-corrected chi connectivity index (χ3v) is 11.4. The summed E-state index contributed by atoms with van der Waals surface area (Å²) >= 11 is 2.98. The summed E-state index contributed by atoms with van der Waals surface area (Å²) in [5.41, 5.74) is 1.36. The molecule has 2 aromatic heterocycles. The Kier molecular flexibility index (Phi) is 17.5. The number of rotatable bonds is 16. The van der Waals surface area contributed by atoms with E-state index >= 15 is 0 Å². The first-order valence-corrected chi connectivity index (χ1v) is 20.5. The molecule has 2 aliphatic rings. The molecular weight excluding hydrogens is 769 g/mol. The lowest BCUT2D eigenvalue weighted by atomic mass is 10.2. The predicted octanol–water partition coefficient (Wildman–Crippen LogP) is 2.15. The van der Waals surface area contributed by atoms with E-state index < -0.39 is 48.0 Å². The number of carbonyl (C=O) groups excluding carboxylic acids is 6. The highest BCUT2D eigenvalue weighted by molar-refractivity contribution is 7.10. The van der Waals surface area contributed by atoms with Crippen molar-refractivity contribution in [2.24, 2.45) is 0 Å². The van der Waals surface area contributed by atoms with Crippen LogP contribution in [-0.2, 0) is 51.2 Å². The van der Waals surface area contributed by atoms with E-state index in [-0.39, 0.29) is 37.8 Å². The molecule has 4 amide bonds. The van der Waals surface area contributed by atoms with Crippen molar-refractivity contribution in [2.75, 3.05) is 79.8 Å². The number of nitrogens with one attached hydrogen (secondary N) is 2. The molecule has 4 rings (SSSR count). The number of urea groups is 2. The molecule has 2 N–H and O–H groups in total.